The van der Waals surface area contributed by atoms with Crippen molar-refractivity contribution in [3.8, 4) is 0 Å². The lowest BCUT2D eigenvalue weighted by Crippen LogP contribution is -2.43. The smallest absolute Gasteiger partial charge is 0.307 e. The van der Waals surface area contributed by atoms with Crippen molar-refractivity contribution >= 4 is 11.9 Å². The lowest BCUT2D eigenvalue weighted by atomic mass is 10.0. The minimum Gasteiger partial charge on any atom is -0.481 e. The van der Waals surface area contributed by atoms with Crippen LogP contribution in [0.25, 0.3) is 0 Å². The minimum absolute atomic E-state index is 0.0440. The van der Waals surface area contributed by atoms with Gasteiger partial charge in [0.05, 0.1) is 6.42 Å². The second-order valence-corrected chi connectivity index (χ2v) is 5.64. The molecule has 1 aliphatic heterocycles. The highest BCUT2D eigenvalue weighted by atomic mass is 16.4. The third kappa shape index (κ3) is 5.19. The van der Waals surface area contributed by atoms with Gasteiger partial charge in [-0.3, -0.25) is 14.5 Å². The van der Waals surface area contributed by atoms with E-state index in [4.69, 9.17) is 5.11 Å². The van der Waals surface area contributed by atoms with Gasteiger partial charge < -0.3 is 10.4 Å². The summed E-state index contributed by atoms with van der Waals surface area (Å²) in [6.07, 6.45) is 2.04. The molecule has 0 aromatic heterocycles. The Balaban J connectivity index is 1.80. The molecule has 0 bridgehead atoms. The van der Waals surface area contributed by atoms with Crippen LogP contribution < -0.4 is 5.32 Å². The van der Waals surface area contributed by atoms with Crippen molar-refractivity contribution in [2.24, 2.45) is 0 Å². The molecular weight excluding hydrogens is 268 g/mol. The number of carboxylic acids is 1. The van der Waals surface area contributed by atoms with E-state index in [1.807, 2.05) is 24.3 Å². The number of rotatable bonds is 5. The Kier molecular flexibility index (Phi) is 5.33. The molecule has 0 unspecified atom stereocenters. The number of hydrogen-bond donors (Lipinski definition) is 2. The SMILES string of the molecule is CC(=O)NC1CCN(Cc2ccc(CC(=O)O)cc2)CC1. The minimum atomic E-state index is -0.803. The van der Waals surface area contributed by atoms with Crippen LogP contribution in [0.4, 0.5) is 0 Å². The van der Waals surface area contributed by atoms with Crippen LogP contribution in [0.5, 0.6) is 0 Å². The van der Waals surface area contributed by atoms with Crippen LogP contribution in [0.3, 0.4) is 0 Å². The van der Waals surface area contributed by atoms with Gasteiger partial charge in [0.2, 0.25) is 5.91 Å². The molecule has 1 saturated heterocycles. The molecule has 1 aromatic carbocycles. The van der Waals surface area contributed by atoms with E-state index in [-0.39, 0.29) is 12.3 Å². The number of benzene rings is 1. The van der Waals surface area contributed by atoms with Crippen LogP contribution in [0.2, 0.25) is 0 Å². The van der Waals surface area contributed by atoms with Crippen molar-refractivity contribution < 1.29 is 14.7 Å². The highest BCUT2D eigenvalue weighted by Crippen LogP contribution is 2.14. The molecule has 0 aliphatic carbocycles. The Labute approximate surface area is 125 Å². The average Bonchev–Trinajstić information content (AvgIpc) is 2.42. The summed E-state index contributed by atoms with van der Waals surface area (Å²) in [5.41, 5.74) is 2.03. The maximum Gasteiger partial charge on any atom is 0.307 e. The van der Waals surface area contributed by atoms with E-state index in [9.17, 15) is 9.59 Å². The molecule has 5 heteroatoms. The molecule has 0 radical (unpaired) electrons. The number of carboxylic acid groups (broad SMARTS) is 1. The summed E-state index contributed by atoms with van der Waals surface area (Å²) in [5, 5.41) is 11.7. The molecule has 0 spiro atoms. The molecule has 0 saturated carbocycles. The highest BCUT2D eigenvalue weighted by molar-refractivity contribution is 5.73. The number of hydrogen-bond acceptors (Lipinski definition) is 3. The standard InChI is InChI=1S/C16H22N2O3/c1-12(19)17-15-6-8-18(9-7-15)11-14-4-2-13(3-5-14)10-16(20)21/h2-5,15H,6-11H2,1H3,(H,17,19)(H,20,21). The number of amides is 1. The van der Waals surface area contributed by atoms with Gasteiger partial charge in [-0.1, -0.05) is 24.3 Å². The van der Waals surface area contributed by atoms with E-state index in [0.717, 1.165) is 38.0 Å². The van der Waals surface area contributed by atoms with E-state index < -0.39 is 5.97 Å². The van der Waals surface area contributed by atoms with Gasteiger partial charge in [0.25, 0.3) is 0 Å². The van der Waals surface area contributed by atoms with E-state index in [2.05, 4.69) is 10.2 Å². The van der Waals surface area contributed by atoms with Crippen molar-refractivity contribution in [1.82, 2.24) is 10.2 Å². The fourth-order valence-electron chi connectivity index (χ4n) is 2.72. The van der Waals surface area contributed by atoms with Crippen molar-refractivity contribution in [2.75, 3.05) is 13.1 Å². The van der Waals surface area contributed by atoms with Gasteiger partial charge in [-0.25, -0.2) is 0 Å². The number of piperidine rings is 1. The topological polar surface area (TPSA) is 69.6 Å². The second-order valence-electron chi connectivity index (χ2n) is 5.64. The Morgan fingerprint density at radius 3 is 2.29 bits per heavy atom. The zero-order valence-electron chi connectivity index (χ0n) is 12.3. The molecule has 2 N–H and O–H groups in total. The van der Waals surface area contributed by atoms with Crippen molar-refractivity contribution in [3.05, 3.63) is 35.4 Å². The van der Waals surface area contributed by atoms with E-state index in [0.29, 0.717) is 6.04 Å². The van der Waals surface area contributed by atoms with Gasteiger partial charge in [-0.05, 0) is 24.0 Å². The van der Waals surface area contributed by atoms with E-state index in [1.54, 1.807) is 6.92 Å². The molecule has 2 rings (SSSR count). The molecule has 1 amide bonds. The molecule has 114 valence electrons. The quantitative estimate of drug-likeness (QED) is 0.860. The number of carbonyl (C=O) groups is 2. The van der Waals surface area contributed by atoms with Gasteiger partial charge in [-0.2, -0.15) is 0 Å². The van der Waals surface area contributed by atoms with Crippen molar-refractivity contribution in [2.45, 2.75) is 38.8 Å². The van der Waals surface area contributed by atoms with Crippen LogP contribution in [0.15, 0.2) is 24.3 Å². The second kappa shape index (κ2) is 7.22. The summed E-state index contributed by atoms with van der Waals surface area (Å²) in [6.45, 7) is 4.38. The molecule has 1 heterocycles. The molecule has 1 aliphatic rings. The van der Waals surface area contributed by atoms with Crippen LogP contribution >= 0.6 is 0 Å². The zero-order chi connectivity index (χ0) is 15.2. The predicted octanol–water partition coefficient (Wildman–Crippen LogP) is 1.41. The fraction of sp³-hybridized carbons (Fsp3) is 0.500. The predicted molar refractivity (Wildman–Crippen MR) is 79.9 cm³/mol. The number of aliphatic carboxylic acids is 1. The van der Waals surface area contributed by atoms with Crippen molar-refractivity contribution in [1.29, 1.82) is 0 Å². The van der Waals surface area contributed by atoms with Crippen molar-refractivity contribution in [3.63, 3.8) is 0 Å². The van der Waals surface area contributed by atoms with Gasteiger partial charge in [0, 0.05) is 32.6 Å². The Morgan fingerprint density at radius 2 is 1.76 bits per heavy atom. The molecule has 21 heavy (non-hydrogen) atoms. The first-order chi connectivity index (χ1) is 10.0. The lowest BCUT2D eigenvalue weighted by Gasteiger charge is -2.32. The lowest BCUT2D eigenvalue weighted by molar-refractivity contribution is -0.136. The normalized spacial score (nSPS) is 16.6. The number of carbonyl (C=O) groups excluding carboxylic acids is 1. The Hall–Kier alpha value is -1.88. The third-order valence-electron chi connectivity index (χ3n) is 3.78. The first-order valence-corrected chi connectivity index (χ1v) is 7.32. The largest absolute Gasteiger partial charge is 0.481 e. The maximum absolute atomic E-state index is 11.0. The number of nitrogens with zero attached hydrogens (tertiary/aromatic N) is 1. The average molecular weight is 290 g/mol. The number of nitrogens with one attached hydrogen (secondary N) is 1. The summed E-state index contributed by atoms with van der Waals surface area (Å²) in [5.74, 6) is -0.759. The molecule has 5 nitrogen and oxygen atoms in total. The summed E-state index contributed by atoms with van der Waals surface area (Å²) >= 11 is 0. The molecule has 0 atom stereocenters. The van der Waals surface area contributed by atoms with Gasteiger partial charge in [-0.15, -0.1) is 0 Å². The Bertz CT molecular complexity index is 491. The van der Waals surface area contributed by atoms with E-state index in [1.165, 1.54) is 5.56 Å². The summed E-state index contributed by atoms with van der Waals surface area (Å²) < 4.78 is 0. The number of likely N-dealkylation sites (tertiary alicyclic amines) is 1. The zero-order valence-corrected chi connectivity index (χ0v) is 12.3. The summed E-state index contributed by atoms with van der Waals surface area (Å²) in [6, 6.07) is 8.06. The van der Waals surface area contributed by atoms with Crippen LogP contribution in [0.1, 0.15) is 30.9 Å². The fourth-order valence-corrected chi connectivity index (χ4v) is 2.72. The third-order valence-corrected chi connectivity index (χ3v) is 3.78. The molecular formula is C16H22N2O3. The maximum atomic E-state index is 11.0. The van der Waals surface area contributed by atoms with Crippen LogP contribution in [-0.4, -0.2) is 41.0 Å². The van der Waals surface area contributed by atoms with E-state index >= 15 is 0 Å². The summed E-state index contributed by atoms with van der Waals surface area (Å²) in [4.78, 5) is 24.0. The first kappa shape index (κ1) is 15.5. The van der Waals surface area contributed by atoms with Gasteiger partial charge in [0.15, 0.2) is 0 Å². The monoisotopic (exact) mass is 290 g/mol. The highest BCUT2D eigenvalue weighted by Gasteiger charge is 2.19. The Morgan fingerprint density at radius 1 is 1.19 bits per heavy atom. The van der Waals surface area contributed by atoms with Gasteiger partial charge in [0.1, 0.15) is 0 Å². The molecule has 1 fully saturated rings. The van der Waals surface area contributed by atoms with Crippen LogP contribution in [-0.2, 0) is 22.6 Å². The summed E-state index contributed by atoms with van der Waals surface area (Å²) in [7, 11) is 0. The first-order valence-electron chi connectivity index (χ1n) is 7.32. The van der Waals surface area contributed by atoms with Gasteiger partial charge >= 0.3 is 5.97 Å². The van der Waals surface area contributed by atoms with Crippen LogP contribution in [0, 0.1) is 0 Å². The molecule has 1 aromatic rings.